The quantitative estimate of drug-likeness (QED) is 0.522. The number of halogens is 4. The second kappa shape index (κ2) is 7.92. The fraction of sp³-hybridized carbons (Fsp3) is 0.240. The Morgan fingerprint density at radius 3 is 2.53 bits per heavy atom. The van der Waals surface area contributed by atoms with Crippen LogP contribution >= 0.6 is 11.6 Å². The molecule has 5 rings (SSSR count). The van der Waals surface area contributed by atoms with Gasteiger partial charge in [-0.25, -0.2) is 0 Å². The van der Waals surface area contributed by atoms with Crippen LogP contribution < -0.4 is 5.32 Å². The van der Waals surface area contributed by atoms with Gasteiger partial charge in [-0.05, 0) is 42.9 Å². The first kappa shape index (κ1) is 22.6. The van der Waals surface area contributed by atoms with Crippen LogP contribution in [0.3, 0.4) is 0 Å². The summed E-state index contributed by atoms with van der Waals surface area (Å²) in [5, 5.41) is 2.98. The van der Waals surface area contributed by atoms with E-state index < -0.39 is 35.0 Å². The lowest BCUT2D eigenvalue weighted by molar-refractivity contribution is -0.136. The Labute approximate surface area is 198 Å². The first-order valence-electron chi connectivity index (χ1n) is 10.6. The molecule has 1 fully saturated rings. The molecule has 3 heterocycles. The van der Waals surface area contributed by atoms with Crippen LogP contribution in [0.5, 0.6) is 0 Å². The number of anilines is 1. The van der Waals surface area contributed by atoms with E-state index in [1.54, 1.807) is 48.3 Å². The molecular formula is C25H19ClF3N3O2. The highest BCUT2D eigenvalue weighted by Gasteiger charge is 2.65. The van der Waals surface area contributed by atoms with Gasteiger partial charge >= 0.3 is 6.18 Å². The number of likely N-dealkylation sites (N-methyl/N-ethyl adjacent to an activating group) is 1. The molecule has 0 aliphatic carbocycles. The zero-order valence-electron chi connectivity index (χ0n) is 17.9. The number of nitrogens with one attached hydrogen (secondary N) is 1. The van der Waals surface area contributed by atoms with Gasteiger partial charge in [0.25, 0.3) is 0 Å². The predicted molar refractivity (Wildman–Crippen MR) is 121 cm³/mol. The second-order valence-electron chi connectivity index (χ2n) is 8.57. The van der Waals surface area contributed by atoms with Gasteiger partial charge in [-0.3, -0.25) is 19.5 Å². The number of fused-ring (bicyclic) bond motifs is 2. The summed E-state index contributed by atoms with van der Waals surface area (Å²) in [4.78, 5) is 33.3. The Balaban J connectivity index is 1.75. The number of carbonyl (C=O) groups is 2. The minimum atomic E-state index is -4.67. The average molecular weight is 486 g/mol. The van der Waals surface area contributed by atoms with Gasteiger partial charge in [0.05, 0.1) is 17.2 Å². The number of rotatable bonds is 3. The summed E-state index contributed by atoms with van der Waals surface area (Å²) in [5.74, 6) is -2.48. The van der Waals surface area contributed by atoms with Crippen molar-refractivity contribution in [1.82, 2.24) is 9.88 Å². The van der Waals surface area contributed by atoms with Crippen LogP contribution in [0.1, 0.15) is 33.0 Å². The monoisotopic (exact) mass is 485 g/mol. The highest BCUT2D eigenvalue weighted by molar-refractivity contribution is 6.30. The predicted octanol–water partition coefficient (Wildman–Crippen LogP) is 5.13. The van der Waals surface area contributed by atoms with Crippen molar-refractivity contribution in [3.05, 3.63) is 94.3 Å². The maximum absolute atomic E-state index is 13.9. The molecule has 5 nitrogen and oxygen atoms in total. The standard InChI is InChI=1S/C25H19ClF3N3O2/c1-32-13-17(14-7-9-16(26)10-8-14)20(22(33)15-4-3-11-30-12-15)24(32)18-5-2-6-19(25(27,28)29)21(18)31-23(24)34/h2-12,17,20H,13H2,1H3,(H,31,34)/t17-,20+,24+/m1/s1. The van der Waals surface area contributed by atoms with Crippen LogP contribution in [0.4, 0.5) is 18.9 Å². The summed E-state index contributed by atoms with van der Waals surface area (Å²) in [7, 11) is 1.66. The first-order valence-corrected chi connectivity index (χ1v) is 11.0. The summed E-state index contributed by atoms with van der Waals surface area (Å²) < 4.78 is 41.4. The number of benzene rings is 2. The molecule has 1 amide bonds. The number of Topliss-reactive ketones (excluding diaryl/α,β-unsaturated/α-hetero) is 1. The number of nitrogens with zero attached hydrogens (tertiary/aromatic N) is 2. The van der Waals surface area contributed by atoms with Gasteiger partial charge in [0.1, 0.15) is 5.54 Å². The molecule has 1 spiro atoms. The number of carbonyl (C=O) groups excluding carboxylic acids is 2. The zero-order valence-corrected chi connectivity index (χ0v) is 18.7. The Kier molecular flexibility index (Phi) is 5.26. The topological polar surface area (TPSA) is 62.3 Å². The van der Waals surface area contributed by atoms with Crippen molar-refractivity contribution in [2.45, 2.75) is 17.6 Å². The van der Waals surface area contributed by atoms with Crippen molar-refractivity contribution in [3.63, 3.8) is 0 Å². The largest absolute Gasteiger partial charge is 0.418 e. The molecule has 9 heteroatoms. The molecular weight excluding hydrogens is 467 g/mol. The van der Waals surface area contributed by atoms with Crippen molar-refractivity contribution in [3.8, 4) is 0 Å². The van der Waals surface area contributed by atoms with Crippen LogP contribution in [0.25, 0.3) is 0 Å². The fourth-order valence-corrected chi connectivity index (χ4v) is 5.53. The SMILES string of the molecule is CN1C[C@H](c2ccc(Cl)cc2)[C@@H](C(=O)c2cccnc2)[C@@]12C(=O)Nc1c(C(F)(F)F)cccc12. The third-order valence-corrected chi connectivity index (χ3v) is 7.07. The Morgan fingerprint density at radius 2 is 1.88 bits per heavy atom. The van der Waals surface area contributed by atoms with Gasteiger partial charge in [0.15, 0.2) is 5.78 Å². The van der Waals surface area contributed by atoms with Crippen LogP contribution in [-0.4, -0.2) is 35.2 Å². The number of aromatic nitrogens is 1. The van der Waals surface area contributed by atoms with Crippen molar-refractivity contribution in [2.24, 2.45) is 5.92 Å². The van der Waals surface area contributed by atoms with Crippen molar-refractivity contribution in [2.75, 3.05) is 18.9 Å². The highest BCUT2D eigenvalue weighted by Crippen LogP contribution is 2.57. The lowest BCUT2D eigenvalue weighted by Crippen LogP contribution is -2.51. The van der Waals surface area contributed by atoms with Crippen molar-refractivity contribution < 1.29 is 22.8 Å². The number of likely N-dealkylation sites (tertiary alicyclic amines) is 1. The second-order valence-corrected chi connectivity index (χ2v) is 9.01. The number of ketones is 1. The summed E-state index contributed by atoms with van der Waals surface area (Å²) in [6.45, 7) is 0.279. The van der Waals surface area contributed by atoms with Gasteiger partial charge in [-0.1, -0.05) is 35.9 Å². The normalized spacial score (nSPS) is 24.3. The molecule has 174 valence electrons. The minimum absolute atomic E-state index is 0.147. The number of pyridine rings is 1. The number of hydrogen-bond donors (Lipinski definition) is 1. The third-order valence-electron chi connectivity index (χ3n) is 6.82. The van der Waals surface area contributed by atoms with Crippen molar-refractivity contribution in [1.29, 1.82) is 0 Å². The van der Waals surface area contributed by atoms with E-state index in [2.05, 4.69) is 10.3 Å². The van der Waals surface area contributed by atoms with E-state index in [1.165, 1.54) is 24.5 Å². The smallest absolute Gasteiger partial charge is 0.323 e. The highest BCUT2D eigenvalue weighted by atomic mass is 35.5. The molecule has 1 aromatic heterocycles. The van der Waals surface area contributed by atoms with E-state index in [1.807, 2.05) is 0 Å². The maximum atomic E-state index is 13.9. The molecule has 0 bridgehead atoms. The molecule has 34 heavy (non-hydrogen) atoms. The molecule has 1 N–H and O–H groups in total. The van der Waals surface area contributed by atoms with E-state index >= 15 is 0 Å². The van der Waals surface area contributed by atoms with Crippen LogP contribution in [0.2, 0.25) is 5.02 Å². The van der Waals surface area contributed by atoms with E-state index in [4.69, 9.17) is 11.6 Å². The third kappa shape index (κ3) is 3.24. The molecule has 3 aromatic rings. The molecule has 2 aliphatic rings. The zero-order chi connectivity index (χ0) is 24.3. The number of alkyl halides is 3. The van der Waals surface area contributed by atoms with Gasteiger partial charge in [0.2, 0.25) is 5.91 Å². The lowest BCUT2D eigenvalue weighted by Gasteiger charge is -2.35. The number of para-hydroxylation sites is 1. The van der Waals surface area contributed by atoms with Crippen molar-refractivity contribution >= 4 is 29.0 Å². The van der Waals surface area contributed by atoms with Gasteiger partial charge in [0, 0.05) is 41.0 Å². The van der Waals surface area contributed by atoms with Gasteiger partial charge in [-0.2, -0.15) is 13.2 Å². The maximum Gasteiger partial charge on any atom is 0.418 e. The molecule has 2 aromatic carbocycles. The molecule has 0 saturated carbocycles. The molecule has 0 unspecified atom stereocenters. The number of hydrogen-bond acceptors (Lipinski definition) is 4. The molecule has 2 aliphatic heterocycles. The van der Waals surface area contributed by atoms with E-state index in [0.29, 0.717) is 5.02 Å². The average Bonchev–Trinajstić information content (AvgIpc) is 3.28. The Morgan fingerprint density at radius 1 is 1.15 bits per heavy atom. The molecule has 1 saturated heterocycles. The van der Waals surface area contributed by atoms with E-state index in [0.717, 1.165) is 11.6 Å². The lowest BCUT2D eigenvalue weighted by atomic mass is 9.70. The summed E-state index contributed by atoms with van der Waals surface area (Å²) >= 11 is 6.06. The number of amides is 1. The van der Waals surface area contributed by atoms with Gasteiger partial charge in [-0.15, -0.1) is 0 Å². The van der Waals surface area contributed by atoms with Crippen LogP contribution in [-0.2, 0) is 16.5 Å². The summed E-state index contributed by atoms with van der Waals surface area (Å²) in [6.07, 6.45) is -1.73. The fourth-order valence-electron chi connectivity index (χ4n) is 5.40. The summed E-state index contributed by atoms with van der Waals surface area (Å²) in [5.41, 5.74) is -1.65. The minimum Gasteiger partial charge on any atom is -0.323 e. The van der Waals surface area contributed by atoms with Gasteiger partial charge < -0.3 is 5.32 Å². The molecule has 0 radical (unpaired) electrons. The first-order chi connectivity index (χ1) is 16.2. The van der Waals surface area contributed by atoms with Crippen LogP contribution in [0, 0.1) is 5.92 Å². The summed E-state index contributed by atoms with van der Waals surface area (Å²) in [6, 6.07) is 13.9. The Bertz CT molecular complexity index is 1280. The van der Waals surface area contributed by atoms with Crippen LogP contribution in [0.15, 0.2) is 67.0 Å². The van der Waals surface area contributed by atoms with E-state index in [9.17, 15) is 22.8 Å². The molecule has 3 atom stereocenters. The van der Waals surface area contributed by atoms with E-state index in [-0.39, 0.29) is 29.1 Å². The Hall–Kier alpha value is -3.23.